The van der Waals surface area contributed by atoms with Crippen LogP contribution >= 0.6 is 0 Å². The summed E-state index contributed by atoms with van der Waals surface area (Å²) in [7, 11) is 6.77. The number of amides is 2. The monoisotopic (exact) mass is 309 g/mol. The second-order valence-electron chi connectivity index (χ2n) is 5.70. The standard InChI is InChI=1S/C16H24FN3O2/c1-12(19(4)11-15(21)18(2)3)16(22)20(5)10-13-7-6-8-14(17)9-13/h6-9,12H,10-11H2,1-5H3. The van der Waals surface area contributed by atoms with Gasteiger partial charge >= 0.3 is 0 Å². The molecular weight excluding hydrogens is 285 g/mol. The van der Waals surface area contributed by atoms with Crippen LogP contribution in [0.25, 0.3) is 0 Å². The molecule has 0 aliphatic heterocycles. The van der Waals surface area contributed by atoms with Crippen LogP contribution in [0.5, 0.6) is 0 Å². The van der Waals surface area contributed by atoms with Crippen LogP contribution in [0, 0.1) is 5.82 Å². The van der Waals surface area contributed by atoms with Crippen molar-refractivity contribution in [3.05, 3.63) is 35.6 Å². The molecule has 1 aromatic rings. The molecule has 0 N–H and O–H groups in total. The normalized spacial score (nSPS) is 12.1. The van der Waals surface area contributed by atoms with E-state index >= 15 is 0 Å². The second kappa shape index (κ2) is 7.89. The number of rotatable bonds is 6. The molecule has 1 atom stereocenters. The zero-order valence-corrected chi connectivity index (χ0v) is 13.8. The summed E-state index contributed by atoms with van der Waals surface area (Å²) in [5, 5.41) is 0. The van der Waals surface area contributed by atoms with Crippen molar-refractivity contribution in [2.45, 2.75) is 19.5 Å². The lowest BCUT2D eigenvalue weighted by molar-refractivity contribution is -0.137. The van der Waals surface area contributed by atoms with Gasteiger partial charge in [-0.05, 0) is 31.7 Å². The molecule has 0 aliphatic rings. The minimum absolute atomic E-state index is 0.0602. The minimum atomic E-state index is -0.428. The van der Waals surface area contributed by atoms with E-state index in [4.69, 9.17) is 0 Å². The van der Waals surface area contributed by atoms with E-state index in [9.17, 15) is 14.0 Å². The summed E-state index contributed by atoms with van der Waals surface area (Å²) in [6, 6.07) is 5.75. The van der Waals surface area contributed by atoms with Crippen molar-refractivity contribution in [3.63, 3.8) is 0 Å². The number of likely N-dealkylation sites (N-methyl/N-ethyl adjacent to an activating group) is 3. The Morgan fingerprint density at radius 3 is 2.36 bits per heavy atom. The molecular formula is C16H24FN3O2. The highest BCUT2D eigenvalue weighted by Crippen LogP contribution is 2.09. The molecule has 0 aliphatic carbocycles. The maximum absolute atomic E-state index is 13.2. The molecule has 0 heterocycles. The molecule has 122 valence electrons. The van der Waals surface area contributed by atoms with Crippen LogP contribution in [-0.2, 0) is 16.1 Å². The second-order valence-corrected chi connectivity index (χ2v) is 5.70. The van der Waals surface area contributed by atoms with E-state index in [-0.39, 0.29) is 24.2 Å². The maximum Gasteiger partial charge on any atom is 0.239 e. The summed E-state index contributed by atoms with van der Waals surface area (Å²) in [5.41, 5.74) is 0.732. The maximum atomic E-state index is 13.2. The van der Waals surface area contributed by atoms with Gasteiger partial charge in [-0.1, -0.05) is 12.1 Å². The third-order valence-electron chi connectivity index (χ3n) is 3.59. The van der Waals surface area contributed by atoms with E-state index in [1.165, 1.54) is 21.9 Å². The SMILES string of the molecule is CC(C(=O)N(C)Cc1cccc(F)c1)N(C)CC(=O)N(C)C. The summed E-state index contributed by atoms with van der Waals surface area (Å²) in [4.78, 5) is 28.8. The van der Waals surface area contributed by atoms with Gasteiger partial charge in [0.1, 0.15) is 5.82 Å². The van der Waals surface area contributed by atoms with E-state index in [0.717, 1.165) is 5.56 Å². The molecule has 0 saturated carbocycles. The number of carbonyl (C=O) groups excluding carboxylic acids is 2. The molecule has 0 saturated heterocycles. The molecule has 2 amide bonds. The predicted molar refractivity (Wildman–Crippen MR) is 83.7 cm³/mol. The summed E-state index contributed by atoms with van der Waals surface area (Å²) in [6.45, 7) is 2.26. The van der Waals surface area contributed by atoms with Gasteiger partial charge in [-0.3, -0.25) is 14.5 Å². The molecule has 0 bridgehead atoms. The van der Waals surface area contributed by atoms with Crippen LogP contribution in [0.4, 0.5) is 4.39 Å². The van der Waals surface area contributed by atoms with Crippen molar-refractivity contribution in [1.82, 2.24) is 14.7 Å². The van der Waals surface area contributed by atoms with E-state index in [0.29, 0.717) is 6.54 Å². The predicted octanol–water partition coefficient (Wildman–Crippen LogP) is 1.19. The lowest BCUT2D eigenvalue weighted by Crippen LogP contribution is -2.47. The smallest absolute Gasteiger partial charge is 0.239 e. The number of carbonyl (C=O) groups is 2. The minimum Gasteiger partial charge on any atom is -0.348 e. The molecule has 22 heavy (non-hydrogen) atoms. The Morgan fingerprint density at radius 1 is 1.18 bits per heavy atom. The van der Waals surface area contributed by atoms with Crippen LogP contribution < -0.4 is 0 Å². The average molecular weight is 309 g/mol. The Morgan fingerprint density at radius 2 is 1.82 bits per heavy atom. The number of hydrogen-bond donors (Lipinski definition) is 0. The van der Waals surface area contributed by atoms with Crippen LogP contribution in [0.15, 0.2) is 24.3 Å². The number of hydrogen-bond acceptors (Lipinski definition) is 3. The fourth-order valence-electron chi connectivity index (χ4n) is 1.99. The fraction of sp³-hybridized carbons (Fsp3) is 0.500. The summed E-state index contributed by atoms with van der Waals surface area (Å²) in [6.07, 6.45) is 0. The largest absolute Gasteiger partial charge is 0.348 e. The van der Waals surface area contributed by atoms with Crippen molar-refractivity contribution in [3.8, 4) is 0 Å². The highest BCUT2D eigenvalue weighted by atomic mass is 19.1. The molecule has 0 spiro atoms. The highest BCUT2D eigenvalue weighted by molar-refractivity contribution is 5.83. The third-order valence-corrected chi connectivity index (χ3v) is 3.59. The van der Waals surface area contributed by atoms with Crippen molar-refractivity contribution < 1.29 is 14.0 Å². The molecule has 1 unspecified atom stereocenters. The molecule has 6 heteroatoms. The van der Waals surface area contributed by atoms with Gasteiger partial charge < -0.3 is 9.80 Å². The van der Waals surface area contributed by atoms with E-state index in [2.05, 4.69) is 0 Å². The number of benzene rings is 1. The van der Waals surface area contributed by atoms with Crippen LogP contribution in [-0.4, -0.2) is 67.3 Å². The van der Waals surface area contributed by atoms with Gasteiger partial charge in [-0.25, -0.2) is 4.39 Å². The van der Waals surface area contributed by atoms with Crippen molar-refractivity contribution in [2.24, 2.45) is 0 Å². The number of halogens is 1. The van der Waals surface area contributed by atoms with Gasteiger partial charge in [0.15, 0.2) is 0 Å². The third kappa shape index (κ3) is 5.11. The Bertz CT molecular complexity index is 534. The van der Waals surface area contributed by atoms with Crippen LogP contribution in [0.1, 0.15) is 12.5 Å². The molecule has 1 rings (SSSR count). The van der Waals surface area contributed by atoms with E-state index < -0.39 is 6.04 Å². The van der Waals surface area contributed by atoms with Crippen molar-refractivity contribution >= 4 is 11.8 Å². The molecule has 1 aromatic carbocycles. The topological polar surface area (TPSA) is 43.9 Å². The van der Waals surface area contributed by atoms with Crippen LogP contribution in [0.3, 0.4) is 0 Å². The molecule has 0 radical (unpaired) electrons. The Balaban J connectivity index is 2.63. The van der Waals surface area contributed by atoms with E-state index in [1.54, 1.807) is 52.1 Å². The first-order valence-corrected chi connectivity index (χ1v) is 7.12. The Hall–Kier alpha value is -1.95. The molecule has 0 aromatic heterocycles. The lowest BCUT2D eigenvalue weighted by atomic mass is 10.2. The van der Waals surface area contributed by atoms with Gasteiger partial charge in [-0.15, -0.1) is 0 Å². The van der Waals surface area contributed by atoms with E-state index in [1.807, 2.05) is 0 Å². The summed E-state index contributed by atoms with van der Waals surface area (Å²) >= 11 is 0. The Labute approximate surface area is 131 Å². The van der Waals surface area contributed by atoms with Crippen molar-refractivity contribution in [2.75, 3.05) is 34.7 Å². The molecule has 0 fully saturated rings. The fourth-order valence-corrected chi connectivity index (χ4v) is 1.99. The summed E-state index contributed by atoms with van der Waals surface area (Å²) in [5.74, 6) is -0.492. The zero-order valence-electron chi connectivity index (χ0n) is 13.8. The first-order chi connectivity index (χ1) is 10.2. The first kappa shape index (κ1) is 18.1. The lowest BCUT2D eigenvalue weighted by Gasteiger charge is -2.28. The van der Waals surface area contributed by atoms with Gasteiger partial charge in [0, 0.05) is 27.7 Å². The summed E-state index contributed by atoms with van der Waals surface area (Å²) < 4.78 is 13.2. The van der Waals surface area contributed by atoms with Gasteiger partial charge in [0.2, 0.25) is 11.8 Å². The van der Waals surface area contributed by atoms with Crippen molar-refractivity contribution in [1.29, 1.82) is 0 Å². The highest BCUT2D eigenvalue weighted by Gasteiger charge is 2.23. The first-order valence-electron chi connectivity index (χ1n) is 7.12. The average Bonchev–Trinajstić information content (AvgIpc) is 2.45. The van der Waals surface area contributed by atoms with Gasteiger partial charge in [-0.2, -0.15) is 0 Å². The Kier molecular flexibility index (Phi) is 6.49. The number of nitrogens with zero attached hydrogens (tertiary/aromatic N) is 3. The molecule has 5 nitrogen and oxygen atoms in total. The van der Waals surface area contributed by atoms with Gasteiger partial charge in [0.25, 0.3) is 0 Å². The quantitative estimate of drug-likeness (QED) is 0.793. The van der Waals surface area contributed by atoms with Crippen LogP contribution in [0.2, 0.25) is 0 Å². The van der Waals surface area contributed by atoms with Gasteiger partial charge in [0.05, 0.1) is 12.6 Å². The zero-order chi connectivity index (χ0) is 16.9.